The monoisotopic (exact) mass is 978 g/mol. The number of nitrogens with one attached hydrogen (secondary N) is 2. The Morgan fingerprint density at radius 1 is 0.588 bits per heavy atom. The van der Waals surface area contributed by atoms with Crippen molar-refractivity contribution in [2.75, 3.05) is 7.11 Å². The number of fused-ring (bicyclic) bond motifs is 2. The van der Waals surface area contributed by atoms with Gasteiger partial charge in [-0.2, -0.15) is 0 Å². The zero-order chi connectivity index (χ0) is 47.5. The van der Waals surface area contributed by atoms with Crippen LogP contribution in [-0.2, 0) is 48.7 Å². The predicted octanol–water partition coefficient (Wildman–Crippen LogP) is 5.70. The van der Waals surface area contributed by atoms with Crippen LogP contribution in [-0.4, -0.2) is 88.3 Å². The van der Waals surface area contributed by atoms with E-state index in [4.69, 9.17) is 14.2 Å². The molecule has 0 aliphatic rings. The molecule has 0 aliphatic heterocycles. The van der Waals surface area contributed by atoms with Crippen molar-refractivity contribution in [2.24, 2.45) is 0 Å². The van der Waals surface area contributed by atoms with E-state index in [9.17, 15) is 39.0 Å². The summed E-state index contributed by atoms with van der Waals surface area (Å²) in [5.74, 6) is -2.07. The van der Waals surface area contributed by atoms with Crippen molar-refractivity contribution >= 4 is 104 Å². The summed E-state index contributed by atoms with van der Waals surface area (Å²) in [6.45, 7) is 2.87. The maximum atomic E-state index is 12.7. The summed E-state index contributed by atoms with van der Waals surface area (Å²) < 4.78 is 16.6. The van der Waals surface area contributed by atoms with Crippen LogP contribution in [0.15, 0.2) is 117 Å². The zero-order valence-electron chi connectivity index (χ0n) is 37.0. The van der Waals surface area contributed by atoms with Crippen LogP contribution >= 0.6 is 22.7 Å². The van der Waals surface area contributed by atoms with Gasteiger partial charge in [-0.1, -0.05) is 90.5 Å². The van der Waals surface area contributed by atoms with Gasteiger partial charge in [0.1, 0.15) is 15.4 Å². The molecular weight excluding hydrogens is 937 g/mol. The third-order valence-corrected chi connectivity index (χ3v) is 12.3. The number of H-pyrrole nitrogens is 2. The third-order valence-electron chi connectivity index (χ3n) is 10.5. The number of carbonyl (C=O) groups is 4. The van der Waals surface area contributed by atoms with Gasteiger partial charge in [0.15, 0.2) is 23.2 Å². The Kier molecular flexibility index (Phi) is 18.2. The minimum atomic E-state index is -1.23. The van der Waals surface area contributed by atoms with Crippen LogP contribution in [0.4, 0.5) is 0 Å². The largest absolute Gasteiger partial charge is 2.00 e. The van der Waals surface area contributed by atoms with E-state index in [2.05, 4.69) is 19.9 Å². The quantitative estimate of drug-likeness (QED) is 0.0733. The number of aryl methyl sites for hydroxylation is 3. The summed E-state index contributed by atoms with van der Waals surface area (Å²) in [6.07, 6.45) is 1.55. The van der Waals surface area contributed by atoms with Crippen LogP contribution in [0.1, 0.15) is 93.7 Å². The normalized spacial score (nSPS) is 10.9. The van der Waals surface area contributed by atoms with Crippen LogP contribution in [0, 0.1) is 6.92 Å². The number of aromatic amines is 2. The minimum Gasteiger partial charge on any atom is -0.545 e. The first kappa shape index (κ1) is 51.2. The molecule has 0 saturated heterocycles. The van der Waals surface area contributed by atoms with E-state index < -0.39 is 11.9 Å². The Balaban J connectivity index is 0.000000221. The fourth-order valence-electron chi connectivity index (χ4n) is 6.97. The second-order valence-corrected chi connectivity index (χ2v) is 17.1. The number of thiophene rings is 2. The van der Waals surface area contributed by atoms with E-state index in [0.29, 0.717) is 44.4 Å². The number of hydrogen-bond donors (Lipinski definition) is 2. The molecule has 0 atom stereocenters. The van der Waals surface area contributed by atoms with E-state index in [1.807, 2.05) is 55.5 Å². The van der Waals surface area contributed by atoms with Crippen LogP contribution in [0.5, 0.6) is 5.75 Å². The number of carbonyl (C=O) groups excluding carboxylic acids is 4. The van der Waals surface area contributed by atoms with Gasteiger partial charge >= 0.3 is 37.7 Å². The molecule has 0 bridgehead atoms. The molecule has 0 radical (unpaired) electrons. The number of methoxy groups -OCH3 is 1. The Bertz CT molecular complexity index is 3200. The van der Waals surface area contributed by atoms with Gasteiger partial charge in [0.2, 0.25) is 0 Å². The second kappa shape index (κ2) is 24.2. The average Bonchev–Trinajstić information content (AvgIpc) is 3.95. The Hall–Kier alpha value is -6.18. The first-order chi connectivity index (χ1) is 32.3. The van der Waals surface area contributed by atoms with Gasteiger partial charge < -0.3 is 44.0 Å². The van der Waals surface area contributed by atoms with E-state index >= 15 is 0 Å². The summed E-state index contributed by atoms with van der Waals surface area (Å²) in [6, 6.07) is 27.9. The second-order valence-electron chi connectivity index (χ2n) is 15.4. The maximum absolute atomic E-state index is 12.7. The summed E-state index contributed by atoms with van der Waals surface area (Å²) in [4.78, 5) is 87.2. The number of aromatic nitrogens is 4. The van der Waals surface area contributed by atoms with Crippen molar-refractivity contribution in [3.8, 4) is 5.75 Å². The number of aromatic carboxylic acids is 2. The molecule has 4 aromatic heterocycles. The molecule has 8 aromatic rings. The van der Waals surface area contributed by atoms with E-state index in [0.717, 1.165) is 33.6 Å². The molecule has 4 heterocycles. The topological polar surface area (TPSA) is 234 Å². The van der Waals surface area contributed by atoms with Gasteiger partial charge in [0, 0.05) is 24.0 Å². The Morgan fingerprint density at radius 2 is 1.03 bits per heavy atom. The number of hydrogen-bond acceptors (Lipinski definition) is 15. The van der Waals surface area contributed by atoms with Gasteiger partial charge in [-0.25, -0.2) is 9.97 Å². The van der Waals surface area contributed by atoms with E-state index in [1.165, 1.54) is 46.9 Å². The van der Waals surface area contributed by atoms with Gasteiger partial charge in [0.25, 0.3) is 11.1 Å². The first-order valence-electron chi connectivity index (χ1n) is 20.9. The van der Waals surface area contributed by atoms with E-state index in [-0.39, 0.29) is 122 Å². The van der Waals surface area contributed by atoms with Gasteiger partial charge in [-0.15, -0.1) is 22.7 Å². The number of carboxylic acids is 2. The van der Waals surface area contributed by atoms with Crippen LogP contribution in [0.25, 0.3) is 20.4 Å². The molecule has 68 heavy (non-hydrogen) atoms. The van der Waals surface area contributed by atoms with Crippen LogP contribution in [0.2, 0.25) is 0 Å². The van der Waals surface area contributed by atoms with Gasteiger partial charge in [0.05, 0.1) is 56.2 Å². The first-order valence-corrected chi connectivity index (χ1v) is 22.6. The number of benzene rings is 4. The van der Waals surface area contributed by atoms with Crippen molar-refractivity contribution in [1.82, 2.24) is 19.9 Å². The van der Waals surface area contributed by atoms with E-state index in [1.54, 1.807) is 42.1 Å². The molecule has 15 nitrogen and oxygen atoms in total. The summed E-state index contributed by atoms with van der Waals surface area (Å²) >= 11 is 2.57. The fraction of sp³-hybridized carbons (Fsp3) is 0.200. The van der Waals surface area contributed by atoms with Crippen molar-refractivity contribution < 1.29 is 43.6 Å². The third kappa shape index (κ3) is 13.5. The number of rotatable bonds is 19. The summed E-state index contributed by atoms with van der Waals surface area (Å²) in [7, 11) is 1.59. The number of Topliss-reactive ketones (excluding diaryl/α,β-unsaturated/α-hetero) is 2. The number of ketones is 2. The molecule has 2 N–H and O–H groups in total. The molecule has 0 saturated carbocycles. The van der Waals surface area contributed by atoms with Crippen LogP contribution in [0.3, 0.4) is 0 Å². The predicted molar refractivity (Wildman–Crippen MR) is 254 cm³/mol. The summed E-state index contributed by atoms with van der Waals surface area (Å²) in [5.41, 5.74) is 5.57. The van der Waals surface area contributed by atoms with Gasteiger partial charge in [-0.05, 0) is 76.0 Å². The molecule has 18 heteroatoms. The molecular formula is C50H42CaN4O11S2. The molecule has 342 valence electrons. The SMILES string of the molecule is COc1cccc(CCC(=O)c2nc3scc(COCc4ccc(C(=O)[O-])cc4)c3c(=O)[nH]2)c1.Cc1cccc(CCC(=O)c2nc3scc(COCc4ccc(C(=O)[O-])cc4)c3c(=O)[nH]2)c1.[Ca+2]. The standard InChI is InChI=1S/C25H22N2O6S.C25H22N2O5S.Ca/c1-32-19-4-2-3-15(11-19)7-10-20(28)22-26-23(29)21-18(14-34-24(21)27-22)13-33-12-16-5-8-17(9-6-16)25(30)31;1-15-3-2-4-16(11-15)7-10-20(28)22-26-23(29)21-19(14-33-24(21)27-22)13-32-12-17-5-8-18(9-6-17)25(30)31;/h2-6,8-9,11,14H,7,10,12-13H2,1H3,(H,30,31)(H,26,27,29);2-6,8-9,11,14H,7,10,12-13H2,1H3,(H,30,31)(H,26,27,29);/q;;+2/p-2. The van der Waals surface area contributed by atoms with Crippen molar-refractivity contribution in [3.63, 3.8) is 0 Å². The zero-order valence-corrected chi connectivity index (χ0v) is 40.8. The van der Waals surface area contributed by atoms with Crippen molar-refractivity contribution in [2.45, 2.75) is 59.0 Å². The van der Waals surface area contributed by atoms with Gasteiger partial charge in [-0.3, -0.25) is 19.2 Å². The average molecular weight is 979 g/mol. The molecule has 0 spiro atoms. The molecule has 4 aromatic carbocycles. The minimum absolute atomic E-state index is 0. The Morgan fingerprint density at radius 3 is 1.46 bits per heavy atom. The Labute approximate surface area is 426 Å². The van der Waals surface area contributed by atoms with Crippen molar-refractivity contribution in [1.29, 1.82) is 0 Å². The molecule has 8 rings (SSSR count). The number of carboxylic acid groups (broad SMARTS) is 2. The molecule has 0 amide bonds. The maximum Gasteiger partial charge on any atom is 2.00 e. The molecule has 0 aliphatic carbocycles. The fourth-order valence-corrected chi connectivity index (χ4v) is 8.82. The number of ether oxygens (including phenoxy) is 3. The van der Waals surface area contributed by atoms with Crippen LogP contribution < -0.4 is 26.1 Å². The molecule has 0 unspecified atom stereocenters. The molecule has 0 fully saturated rings. The smallest absolute Gasteiger partial charge is 0.545 e. The van der Waals surface area contributed by atoms with Crippen molar-refractivity contribution in [3.05, 3.63) is 190 Å². The number of nitrogens with zero attached hydrogens (tertiary/aromatic N) is 2. The summed E-state index contributed by atoms with van der Waals surface area (Å²) in [5, 5.41) is 26.1.